The summed E-state index contributed by atoms with van der Waals surface area (Å²) in [5.41, 5.74) is 0. The standard InChI is InChI=1S/C16H18ClN3O/c17-12-4-3-6-14(8-12)21-15-10-19-16(20-11-15)9-13-5-1-2-7-18-13/h3-4,6,8,10-11,13,18H,1-2,5,7,9H2. The summed E-state index contributed by atoms with van der Waals surface area (Å²) in [5.74, 6) is 2.17. The Kier molecular flexibility index (Phi) is 4.68. The van der Waals surface area contributed by atoms with Gasteiger partial charge in [-0.15, -0.1) is 0 Å². The van der Waals surface area contributed by atoms with Gasteiger partial charge in [0.25, 0.3) is 0 Å². The van der Waals surface area contributed by atoms with Gasteiger partial charge in [-0.25, -0.2) is 9.97 Å². The molecular weight excluding hydrogens is 286 g/mol. The van der Waals surface area contributed by atoms with Gasteiger partial charge in [-0.2, -0.15) is 0 Å². The van der Waals surface area contributed by atoms with E-state index in [0.29, 0.717) is 22.6 Å². The molecule has 1 aromatic heterocycles. The number of hydrogen-bond acceptors (Lipinski definition) is 4. The summed E-state index contributed by atoms with van der Waals surface area (Å²) in [6, 6.07) is 7.78. The topological polar surface area (TPSA) is 47.0 Å². The van der Waals surface area contributed by atoms with Crippen molar-refractivity contribution in [2.24, 2.45) is 0 Å². The highest BCUT2D eigenvalue weighted by atomic mass is 35.5. The number of halogens is 1. The zero-order valence-electron chi connectivity index (χ0n) is 11.8. The first kappa shape index (κ1) is 14.3. The number of piperidine rings is 1. The average molecular weight is 304 g/mol. The van der Waals surface area contributed by atoms with E-state index in [9.17, 15) is 0 Å². The Hall–Kier alpha value is -1.65. The van der Waals surface area contributed by atoms with Crippen molar-refractivity contribution in [2.75, 3.05) is 6.54 Å². The number of rotatable bonds is 4. The van der Waals surface area contributed by atoms with Gasteiger partial charge < -0.3 is 10.1 Å². The Morgan fingerprint density at radius 3 is 2.76 bits per heavy atom. The minimum atomic E-state index is 0.499. The number of aromatic nitrogens is 2. The van der Waals surface area contributed by atoms with Gasteiger partial charge in [0.15, 0.2) is 5.75 Å². The Morgan fingerprint density at radius 2 is 2.05 bits per heavy atom. The highest BCUT2D eigenvalue weighted by molar-refractivity contribution is 6.30. The smallest absolute Gasteiger partial charge is 0.164 e. The molecule has 1 unspecified atom stereocenters. The second kappa shape index (κ2) is 6.87. The molecule has 1 fully saturated rings. The second-order valence-corrected chi connectivity index (χ2v) is 5.68. The fourth-order valence-corrected chi connectivity index (χ4v) is 2.67. The Labute approximate surface area is 129 Å². The SMILES string of the molecule is Clc1cccc(Oc2cnc(CC3CCCCN3)nc2)c1. The zero-order chi connectivity index (χ0) is 14.5. The number of benzene rings is 1. The molecule has 0 saturated carbocycles. The Bertz CT molecular complexity index is 582. The molecule has 110 valence electrons. The highest BCUT2D eigenvalue weighted by Crippen LogP contribution is 2.23. The summed E-state index contributed by atoms with van der Waals surface area (Å²) in [6.07, 6.45) is 8.05. The lowest BCUT2D eigenvalue weighted by molar-refractivity contribution is 0.393. The first-order valence-electron chi connectivity index (χ1n) is 7.27. The normalized spacial score (nSPS) is 18.4. The minimum absolute atomic E-state index is 0.499. The molecule has 0 bridgehead atoms. The Balaban J connectivity index is 1.61. The summed E-state index contributed by atoms with van der Waals surface area (Å²) in [5, 5.41) is 4.15. The fourth-order valence-electron chi connectivity index (χ4n) is 2.49. The van der Waals surface area contributed by atoms with Crippen molar-refractivity contribution in [1.29, 1.82) is 0 Å². The van der Waals surface area contributed by atoms with Crippen LogP contribution in [0.1, 0.15) is 25.1 Å². The van der Waals surface area contributed by atoms with Crippen LogP contribution in [0.15, 0.2) is 36.7 Å². The molecule has 3 rings (SSSR count). The molecular formula is C16H18ClN3O. The van der Waals surface area contributed by atoms with Crippen LogP contribution in [0.25, 0.3) is 0 Å². The van der Waals surface area contributed by atoms with E-state index in [0.717, 1.165) is 18.8 Å². The number of ether oxygens (including phenoxy) is 1. The summed E-state index contributed by atoms with van der Waals surface area (Å²) in [7, 11) is 0. The van der Waals surface area contributed by atoms with E-state index in [2.05, 4.69) is 15.3 Å². The van der Waals surface area contributed by atoms with E-state index < -0.39 is 0 Å². The third-order valence-corrected chi connectivity index (χ3v) is 3.79. The van der Waals surface area contributed by atoms with Gasteiger partial charge in [0.05, 0.1) is 12.4 Å². The predicted molar refractivity (Wildman–Crippen MR) is 82.9 cm³/mol. The van der Waals surface area contributed by atoms with Crippen molar-refractivity contribution in [3.05, 3.63) is 47.5 Å². The van der Waals surface area contributed by atoms with Crippen molar-refractivity contribution in [3.8, 4) is 11.5 Å². The maximum absolute atomic E-state index is 5.93. The molecule has 1 saturated heterocycles. The lowest BCUT2D eigenvalue weighted by atomic mass is 10.0. The van der Waals surface area contributed by atoms with Gasteiger partial charge in [-0.3, -0.25) is 0 Å². The van der Waals surface area contributed by atoms with Crippen LogP contribution in [0, 0.1) is 0 Å². The van der Waals surface area contributed by atoms with Crippen LogP contribution in [-0.4, -0.2) is 22.6 Å². The second-order valence-electron chi connectivity index (χ2n) is 5.25. The molecule has 2 aromatic rings. The minimum Gasteiger partial charge on any atom is -0.454 e. The number of nitrogens with zero attached hydrogens (tertiary/aromatic N) is 2. The highest BCUT2D eigenvalue weighted by Gasteiger charge is 2.14. The molecule has 4 nitrogen and oxygen atoms in total. The van der Waals surface area contributed by atoms with Gasteiger partial charge in [0.1, 0.15) is 11.6 Å². The van der Waals surface area contributed by atoms with Crippen LogP contribution in [0.2, 0.25) is 5.02 Å². The molecule has 1 aliphatic heterocycles. The van der Waals surface area contributed by atoms with Gasteiger partial charge >= 0.3 is 0 Å². The third-order valence-electron chi connectivity index (χ3n) is 3.55. The quantitative estimate of drug-likeness (QED) is 0.937. The molecule has 1 atom stereocenters. The van der Waals surface area contributed by atoms with Crippen LogP contribution in [-0.2, 0) is 6.42 Å². The van der Waals surface area contributed by atoms with E-state index in [-0.39, 0.29) is 0 Å². The van der Waals surface area contributed by atoms with Crippen molar-refractivity contribution < 1.29 is 4.74 Å². The molecule has 0 aliphatic carbocycles. The van der Waals surface area contributed by atoms with E-state index in [1.54, 1.807) is 18.5 Å². The van der Waals surface area contributed by atoms with E-state index in [1.165, 1.54) is 19.3 Å². The fraction of sp³-hybridized carbons (Fsp3) is 0.375. The van der Waals surface area contributed by atoms with E-state index in [1.807, 2.05) is 18.2 Å². The lowest BCUT2D eigenvalue weighted by Crippen LogP contribution is -2.36. The van der Waals surface area contributed by atoms with E-state index >= 15 is 0 Å². The van der Waals surface area contributed by atoms with Crippen LogP contribution >= 0.6 is 11.6 Å². The van der Waals surface area contributed by atoms with Crippen LogP contribution in [0.4, 0.5) is 0 Å². The third kappa shape index (κ3) is 4.16. The van der Waals surface area contributed by atoms with Crippen molar-refractivity contribution >= 4 is 11.6 Å². The van der Waals surface area contributed by atoms with Crippen LogP contribution in [0.5, 0.6) is 11.5 Å². The molecule has 2 heterocycles. The Morgan fingerprint density at radius 1 is 1.19 bits per heavy atom. The number of hydrogen-bond donors (Lipinski definition) is 1. The molecule has 5 heteroatoms. The number of nitrogens with one attached hydrogen (secondary N) is 1. The summed E-state index contributed by atoms with van der Waals surface area (Å²) in [4.78, 5) is 8.76. The van der Waals surface area contributed by atoms with Gasteiger partial charge in [-0.05, 0) is 37.6 Å². The van der Waals surface area contributed by atoms with Crippen molar-refractivity contribution in [3.63, 3.8) is 0 Å². The average Bonchev–Trinajstić information content (AvgIpc) is 2.50. The summed E-state index contributed by atoms with van der Waals surface area (Å²) >= 11 is 5.93. The molecule has 21 heavy (non-hydrogen) atoms. The first-order valence-corrected chi connectivity index (χ1v) is 7.65. The van der Waals surface area contributed by atoms with Crippen molar-refractivity contribution in [1.82, 2.24) is 15.3 Å². The predicted octanol–water partition coefficient (Wildman–Crippen LogP) is 3.61. The van der Waals surface area contributed by atoms with Crippen molar-refractivity contribution in [2.45, 2.75) is 31.7 Å². The van der Waals surface area contributed by atoms with Crippen LogP contribution < -0.4 is 10.1 Å². The summed E-state index contributed by atoms with van der Waals surface area (Å²) < 4.78 is 5.68. The monoisotopic (exact) mass is 303 g/mol. The zero-order valence-corrected chi connectivity index (χ0v) is 12.5. The summed E-state index contributed by atoms with van der Waals surface area (Å²) in [6.45, 7) is 1.10. The molecule has 0 spiro atoms. The molecule has 0 radical (unpaired) electrons. The first-order chi connectivity index (χ1) is 10.3. The molecule has 0 amide bonds. The van der Waals surface area contributed by atoms with Gasteiger partial charge in [-0.1, -0.05) is 24.1 Å². The molecule has 1 aliphatic rings. The largest absolute Gasteiger partial charge is 0.454 e. The maximum Gasteiger partial charge on any atom is 0.164 e. The van der Waals surface area contributed by atoms with E-state index in [4.69, 9.17) is 16.3 Å². The van der Waals surface area contributed by atoms with Gasteiger partial charge in [0.2, 0.25) is 0 Å². The van der Waals surface area contributed by atoms with Crippen LogP contribution in [0.3, 0.4) is 0 Å². The molecule has 1 N–H and O–H groups in total. The molecule has 1 aromatic carbocycles. The van der Waals surface area contributed by atoms with Gasteiger partial charge in [0, 0.05) is 17.5 Å². The maximum atomic E-state index is 5.93. The lowest BCUT2D eigenvalue weighted by Gasteiger charge is -2.22.